The predicted octanol–water partition coefficient (Wildman–Crippen LogP) is 1.60. The smallest absolute Gasteiger partial charge is 0.322 e. The molecule has 1 heterocycles. The van der Waals surface area contributed by atoms with Gasteiger partial charge in [-0.25, -0.2) is 0 Å². The molecule has 0 saturated heterocycles. The third-order valence-corrected chi connectivity index (χ3v) is 2.74. The number of ether oxygens (including phenoxy) is 1. The Morgan fingerprint density at radius 3 is 2.80 bits per heavy atom. The highest BCUT2D eigenvalue weighted by atomic mass is 35.5. The van der Waals surface area contributed by atoms with E-state index in [1.54, 1.807) is 0 Å². The van der Waals surface area contributed by atoms with Crippen LogP contribution in [-0.2, 0) is 0 Å². The lowest BCUT2D eigenvalue weighted by molar-refractivity contribution is 0.379. The number of nitrogens with one attached hydrogen (secondary N) is 1. The van der Waals surface area contributed by atoms with Crippen molar-refractivity contribution >= 4 is 17.5 Å². The largest absolute Gasteiger partial charge is 0.467 e. The Morgan fingerprint density at radius 2 is 2.20 bits per heavy atom. The van der Waals surface area contributed by atoms with Crippen LogP contribution in [0.2, 0.25) is 5.28 Å². The van der Waals surface area contributed by atoms with Crippen LogP contribution in [0.4, 0.5) is 5.95 Å². The minimum atomic E-state index is 0.146. The second kappa shape index (κ2) is 4.18. The molecule has 1 aliphatic rings. The van der Waals surface area contributed by atoms with E-state index in [9.17, 15) is 0 Å². The predicted molar refractivity (Wildman–Crippen MR) is 57.1 cm³/mol. The fourth-order valence-corrected chi connectivity index (χ4v) is 1.56. The summed E-state index contributed by atoms with van der Waals surface area (Å²) in [6.07, 6.45) is 1.27. The first-order valence-corrected chi connectivity index (χ1v) is 5.26. The van der Waals surface area contributed by atoms with E-state index in [1.165, 1.54) is 13.5 Å². The van der Waals surface area contributed by atoms with E-state index in [4.69, 9.17) is 16.3 Å². The zero-order chi connectivity index (χ0) is 10.8. The molecule has 0 bridgehead atoms. The van der Waals surface area contributed by atoms with Crippen molar-refractivity contribution in [3.63, 3.8) is 0 Å². The van der Waals surface area contributed by atoms with Crippen LogP contribution >= 0.6 is 11.6 Å². The van der Waals surface area contributed by atoms with Gasteiger partial charge in [0.25, 0.3) is 0 Å². The molecule has 2 unspecified atom stereocenters. The summed E-state index contributed by atoms with van der Waals surface area (Å²) in [5, 5.41) is 3.27. The van der Waals surface area contributed by atoms with Gasteiger partial charge in [0.05, 0.1) is 7.11 Å². The van der Waals surface area contributed by atoms with Gasteiger partial charge in [0.2, 0.25) is 11.2 Å². The minimum absolute atomic E-state index is 0.146. The molecule has 0 aromatic carbocycles. The van der Waals surface area contributed by atoms with Gasteiger partial charge in [0.15, 0.2) is 0 Å². The monoisotopic (exact) mass is 228 g/mol. The molecule has 2 atom stereocenters. The summed E-state index contributed by atoms with van der Waals surface area (Å²) in [4.78, 5) is 11.8. The van der Waals surface area contributed by atoms with Crippen molar-refractivity contribution in [1.29, 1.82) is 0 Å². The van der Waals surface area contributed by atoms with Crippen LogP contribution in [0.3, 0.4) is 0 Å². The summed E-state index contributed by atoms with van der Waals surface area (Å²) in [5.74, 6) is 2.01. The second-order valence-corrected chi connectivity index (χ2v) is 4.11. The molecular formula is C9H13ClN4O. The summed E-state index contributed by atoms with van der Waals surface area (Å²) in [6, 6.07) is 0.237. The Labute approximate surface area is 93.2 Å². The average Bonchev–Trinajstić information content (AvgIpc) is 2.91. The first kappa shape index (κ1) is 10.4. The molecule has 0 radical (unpaired) electrons. The summed E-state index contributed by atoms with van der Waals surface area (Å²) in [5.41, 5.74) is 0. The van der Waals surface area contributed by atoms with E-state index in [1.807, 2.05) is 0 Å². The van der Waals surface area contributed by atoms with Crippen molar-refractivity contribution in [2.45, 2.75) is 13.3 Å². The fourth-order valence-electron chi connectivity index (χ4n) is 1.41. The van der Waals surface area contributed by atoms with Crippen molar-refractivity contribution in [2.75, 3.05) is 19.0 Å². The van der Waals surface area contributed by atoms with Crippen molar-refractivity contribution in [1.82, 2.24) is 15.0 Å². The molecule has 5 nitrogen and oxygen atoms in total. The Morgan fingerprint density at radius 1 is 1.47 bits per heavy atom. The molecule has 1 saturated carbocycles. The van der Waals surface area contributed by atoms with Crippen LogP contribution in [0.15, 0.2) is 0 Å². The molecule has 2 rings (SSSR count). The molecule has 1 aromatic heterocycles. The topological polar surface area (TPSA) is 59.9 Å². The maximum Gasteiger partial charge on any atom is 0.322 e. The standard InChI is InChI=1S/C9H13ClN4O/c1-5-3-6(5)4-11-8-12-7(10)13-9(14-8)15-2/h5-6H,3-4H2,1-2H3,(H,11,12,13,14). The maximum atomic E-state index is 5.71. The van der Waals surface area contributed by atoms with Gasteiger partial charge in [0, 0.05) is 6.54 Å². The first-order chi connectivity index (χ1) is 7.19. The highest BCUT2D eigenvalue weighted by molar-refractivity contribution is 6.28. The van der Waals surface area contributed by atoms with Crippen LogP contribution in [0.1, 0.15) is 13.3 Å². The number of methoxy groups -OCH3 is 1. The lowest BCUT2D eigenvalue weighted by Crippen LogP contribution is -2.09. The first-order valence-electron chi connectivity index (χ1n) is 4.88. The van der Waals surface area contributed by atoms with Crippen molar-refractivity contribution in [3.8, 4) is 6.01 Å². The number of hydrogen-bond acceptors (Lipinski definition) is 5. The lowest BCUT2D eigenvalue weighted by atomic mass is 10.3. The normalized spacial score (nSPS) is 23.7. The molecule has 1 aliphatic carbocycles. The molecule has 1 N–H and O–H groups in total. The SMILES string of the molecule is COc1nc(Cl)nc(NCC2CC2C)n1. The average molecular weight is 229 g/mol. The van der Waals surface area contributed by atoms with Gasteiger partial charge < -0.3 is 10.1 Å². The Balaban J connectivity index is 1.97. The number of nitrogens with zero attached hydrogens (tertiary/aromatic N) is 3. The van der Waals surface area contributed by atoms with Crippen molar-refractivity contribution in [2.24, 2.45) is 11.8 Å². The quantitative estimate of drug-likeness (QED) is 0.848. The molecule has 0 spiro atoms. The molecule has 1 fully saturated rings. The van der Waals surface area contributed by atoms with E-state index in [-0.39, 0.29) is 11.3 Å². The van der Waals surface area contributed by atoms with Gasteiger partial charge in [-0.15, -0.1) is 0 Å². The summed E-state index contributed by atoms with van der Waals surface area (Å²) in [6.45, 7) is 3.11. The van der Waals surface area contributed by atoms with Crippen LogP contribution in [0.25, 0.3) is 0 Å². The molecule has 6 heteroatoms. The van der Waals surface area contributed by atoms with Crippen LogP contribution in [-0.4, -0.2) is 28.6 Å². The van der Waals surface area contributed by atoms with E-state index in [2.05, 4.69) is 27.2 Å². The van der Waals surface area contributed by atoms with Crippen molar-refractivity contribution < 1.29 is 4.74 Å². The van der Waals surface area contributed by atoms with Crippen LogP contribution in [0.5, 0.6) is 6.01 Å². The maximum absolute atomic E-state index is 5.71. The Bertz CT molecular complexity index is 360. The number of halogens is 1. The van der Waals surface area contributed by atoms with E-state index < -0.39 is 0 Å². The van der Waals surface area contributed by atoms with Crippen LogP contribution in [0, 0.1) is 11.8 Å². The molecule has 1 aromatic rings. The second-order valence-electron chi connectivity index (χ2n) is 3.77. The lowest BCUT2D eigenvalue weighted by Gasteiger charge is -2.04. The highest BCUT2D eigenvalue weighted by Gasteiger charge is 2.32. The zero-order valence-electron chi connectivity index (χ0n) is 8.70. The van der Waals surface area contributed by atoms with E-state index in [0.717, 1.165) is 18.4 Å². The number of hydrogen-bond donors (Lipinski definition) is 1. The van der Waals surface area contributed by atoms with Gasteiger partial charge in [-0.2, -0.15) is 15.0 Å². The van der Waals surface area contributed by atoms with E-state index in [0.29, 0.717) is 5.95 Å². The van der Waals surface area contributed by atoms with Gasteiger partial charge in [0.1, 0.15) is 0 Å². The summed E-state index contributed by atoms with van der Waals surface area (Å²) < 4.78 is 4.89. The third-order valence-electron chi connectivity index (χ3n) is 2.57. The van der Waals surface area contributed by atoms with Gasteiger partial charge in [-0.1, -0.05) is 6.92 Å². The van der Waals surface area contributed by atoms with E-state index >= 15 is 0 Å². The van der Waals surface area contributed by atoms with Gasteiger partial charge >= 0.3 is 6.01 Å². The highest BCUT2D eigenvalue weighted by Crippen LogP contribution is 2.37. The molecule has 82 valence electrons. The van der Waals surface area contributed by atoms with Gasteiger partial charge in [-0.05, 0) is 29.9 Å². The third kappa shape index (κ3) is 2.68. The molecule has 15 heavy (non-hydrogen) atoms. The molecular weight excluding hydrogens is 216 g/mol. The number of rotatable bonds is 4. The fraction of sp³-hybridized carbons (Fsp3) is 0.667. The van der Waals surface area contributed by atoms with Gasteiger partial charge in [-0.3, -0.25) is 0 Å². The number of aromatic nitrogens is 3. The van der Waals surface area contributed by atoms with Crippen LogP contribution < -0.4 is 10.1 Å². The molecule has 0 amide bonds. The van der Waals surface area contributed by atoms with Crippen molar-refractivity contribution in [3.05, 3.63) is 5.28 Å². The Kier molecular flexibility index (Phi) is 2.90. The minimum Gasteiger partial charge on any atom is -0.467 e. The molecule has 0 aliphatic heterocycles. The summed E-state index contributed by atoms with van der Waals surface area (Å²) in [7, 11) is 1.50. The zero-order valence-corrected chi connectivity index (χ0v) is 9.45. The summed E-state index contributed by atoms with van der Waals surface area (Å²) >= 11 is 5.71. The number of anilines is 1. The Hall–Kier alpha value is -1.10.